The van der Waals surface area contributed by atoms with Crippen molar-refractivity contribution >= 4 is 11.9 Å². The van der Waals surface area contributed by atoms with Gasteiger partial charge in [0.1, 0.15) is 11.3 Å². The third-order valence-corrected chi connectivity index (χ3v) is 2.35. The maximum Gasteiger partial charge on any atom is 0.407 e. The largest absolute Gasteiger partial charge is 0.478 e. The summed E-state index contributed by atoms with van der Waals surface area (Å²) in [7, 11) is 1.46. The Morgan fingerprint density at radius 1 is 1.50 bits per heavy atom. The molecule has 0 saturated heterocycles. The van der Waals surface area contributed by atoms with Crippen molar-refractivity contribution in [2.45, 2.75) is 45.8 Å². The van der Waals surface area contributed by atoms with E-state index in [4.69, 9.17) is 15.2 Å². The molecule has 0 spiro atoms. The van der Waals surface area contributed by atoms with Crippen LogP contribution in [-0.2, 0) is 4.74 Å². The monoisotopic (exact) mass is 306 g/mol. The molecule has 1 aromatic rings. The Balaban J connectivity index is 2.54. The van der Waals surface area contributed by atoms with Crippen LogP contribution in [0.15, 0.2) is 6.20 Å². The summed E-state index contributed by atoms with van der Waals surface area (Å²) >= 11 is 0. The van der Waals surface area contributed by atoms with Gasteiger partial charge in [0.05, 0.1) is 13.3 Å². The lowest BCUT2D eigenvalue weighted by molar-refractivity contribution is 0.0509. The third kappa shape index (κ3) is 6.31. The minimum absolute atomic E-state index is 0.147. The number of nitrogens with zero attached hydrogens (tertiary/aromatic N) is 2. The van der Waals surface area contributed by atoms with Crippen LogP contribution in [0.3, 0.4) is 0 Å². The van der Waals surface area contributed by atoms with Gasteiger partial charge in [0.15, 0.2) is 5.82 Å². The minimum atomic E-state index is -0.522. The van der Waals surface area contributed by atoms with E-state index in [1.165, 1.54) is 13.3 Å². The van der Waals surface area contributed by atoms with E-state index in [0.717, 1.165) is 0 Å². The van der Waals surface area contributed by atoms with E-state index >= 15 is 0 Å². The van der Waals surface area contributed by atoms with Gasteiger partial charge in [-0.25, -0.2) is 9.78 Å². The number of alkyl carbamates (subject to hydrolysis) is 1. The van der Waals surface area contributed by atoms with E-state index in [1.807, 2.05) is 27.7 Å². The van der Waals surface area contributed by atoms with Crippen LogP contribution in [0.25, 0.3) is 0 Å². The number of methoxy groups -OCH3 is 1. The first kappa shape index (κ1) is 17.6. The van der Waals surface area contributed by atoms with Gasteiger partial charge in [0.2, 0.25) is 0 Å². The maximum atomic E-state index is 11.6. The quantitative estimate of drug-likeness (QED) is 0.825. The average Bonchev–Trinajstić information content (AvgIpc) is 2.38. The summed E-state index contributed by atoms with van der Waals surface area (Å²) in [5.41, 5.74) is 5.51. The van der Waals surface area contributed by atoms with Gasteiger partial charge in [0.25, 0.3) is 5.88 Å². The van der Waals surface area contributed by atoms with Gasteiger partial charge in [-0.2, -0.15) is 4.98 Å². The standard InChI is InChI=1S/C15H22N4O3/c1-10(18-14(20)22-15(2,3)4)7-6-8-11-9-17-12(16)13(19-11)21-5/h9-10H,7H2,1-5H3,(H2,16,17)(H,18,20)/t10-/m0/s1. The van der Waals surface area contributed by atoms with Gasteiger partial charge >= 0.3 is 6.09 Å². The Morgan fingerprint density at radius 2 is 2.18 bits per heavy atom. The minimum Gasteiger partial charge on any atom is -0.478 e. The summed E-state index contributed by atoms with van der Waals surface area (Å²) < 4.78 is 10.1. The number of nitrogens with two attached hydrogens (primary N) is 1. The van der Waals surface area contributed by atoms with Crippen LogP contribution in [-0.4, -0.2) is 34.8 Å². The van der Waals surface area contributed by atoms with Crippen molar-refractivity contribution in [2.24, 2.45) is 0 Å². The van der Waals surface area contributed by atoms with Crippen LogP contribution in [0.5, 0.6) is 5.88 Å². The second kappa shape index (κ2) is 7.50. The molecule has 0 aliphatic carbocycles. The van der Waals surface area contributed by atoms with E-state index < -0.39 is 11.7 Å². The van der Waals surface area contributed by atoms with Crippen LogP contribution in [0, 0.1) is 11.8 Å². The number of ether oxygens (including phenoxy) is 2. The number of amides is 1. The zero-order chi connectivity index (χ0) is 16.8. The molecule has 1 rings (SSSR count). The summed E-state index contributed by atoms with van der Waals surface area (Å²) in [4.78, 5) is 19.6. The number of hydrogen-bond donors (Lipinski definition) is 2. The fourth-order valence-electron chi connectivity index (χ4n) is 1.45. The molecule has 22 heavy (non-hydrogen) atoms. The fraction of sp³-hybridized carbons (Fsp3) is 0.533. The predicted octanol–water partition coefficient (Wildman–Crippen LogP) is 1.72. The number of carbonyl (C=O) groups is 1. The Bertz CT molecular complexity index is 585. The molecule has 120 valence electrons. The fourth-order valence-corrected chi connectivity index (χ4v) is 1.45. The Morgan fingerprint density at radius 3 is 2.77 bits per heavy atom. The molecule has 3 N–H and O–H groups in total. The molecule has 0 aromatic carbocycles. The van der Waals surface area contributed by atoms with E-state index in [1.54, 1.807) is 0 Å². The molecule has 0 saturated carbocycles. The van der Waals surface area contributed by atoms with Crippen molar-refractivity contribution in [3.63, 3.8) is 0 Å². The molecule has 0 aliphatic rings. The highest BCUT2D eigenvalue weighted by molar-refractivity contribution is 5.68. The molecular weight excluding hydrogens is 284 g/mol. The van der Waals surface area contributed by atoms with E-state index in [2.05, 4.69) is 27.1 Å². The van der Waals surface area contributed by atoms with Gasteiger partial charge < -0.3 is 20.5 Å². The Kier molecular flexibility index (Phi) is 5.99. The maximum absolute atomic E-state index is 11.6. The molecule has 7 heteroatoms. The van der Waals surface area contributed by atoms with Crippen LogP contribution in [0.2, 0.25) is 0 Å². The van der Waals surface area contributed by atoms with Crippen LogP contribution >= 0.6 is 0 Å². The first-order valence-electron chi connectivity index (χ1n) is 6.86. The Hall–Kier alpha value is -2.49. The molecule has 0 bridgehead atoms. The molecule has 7 nitrogen and oxygen atoms in total. The van der Waals surface area contributed by atoms with Crippen LogP contribution in [0.1, 0.15) is 39.8 Å². The first-order valence-corrected chi connectivity index (χ1v) is 6.86. The molecule has 1 atom stereocenters. The van der Waals surface area contributed by atoms with Crippen molar-refractivity contribution in [3.05, 3.63) is 11.9 Å². The van der Waals surface area contributed by atoms with Crippen LogP contribution < -0.4 is 15.8 Å². The highest BCUT2D eigenvalue weighted by Crippen LogP contribution is 2.13. The molecule has 1 heterocycles. The highest BCUT2D eigenvalue weighted by Gasteiger charge is 2.17. The van der Waals surface area contributed by atoms with Crippen molar-refractivity contribution < 1.29 is 14.3 Å². The summed E-state index contributed by atoms with van der Waals surface area (Å²) in [5, 5.41) is 2.71. The lowest BCUT2D eigenvalue weighted by Crippen LogP contribution is -2.37. The topological polar surface area (TPSA) is 99.4 Å². The van der Waals surface area contributed by atoms with E-state index in [-0.39, 0.29) is 17.7 Å². The average molecular weight is 306 g/mol. The van der Waals surface area contributed by atoms with Crippen LogP contribution in [0.4, 0.5) is 10.6 Å². The summed E-state index contributed by atoms with van der Waals surface area (Å²) in [6.07, 6.45) is 1.46. The van der Waals surface area contributed by atoms with E-state index in [0.29, 0.717) is 12.1 Å². The van der Waals surface area contributed by atoms with Gasteiger partial charge in [-0.3, -0.25) is 0 Å². The smallest absolute Gasteiger partial charge is 0.407 e. The van der Waals surface area contributed by atoms with Gasteiger partial charge in [0, 0.05) is 12.5 Å². The molecule has 0 aliphatic heterocycles. The zero-order valence-corrected chi connectivity index (χ0v) is 13.6. The first-order chi connectivity index (χ1) is 10.2. The number of nitrogen functional groups attached to an aromatic ring is 1. The SMILES string of the molecule is COc1nc(C#CC[C@H](C)NC(=O)OC(C)(C)C)cnc1N. The molecule has 1 aromatic heterocycles. The lowest BCUT2D eigenvalue weighted by atomic mass is 10.2. The van der Waals surface area contributed by atoms with Gasteiger partial charge in [-0.1, -0.05) is 5.92 Å². The number of anilines is 1. The molecule has 0 radical (unpaired) electrons. The molecule has 0 fully saturated rings. The second-order valence-electron chi connectivity index (χ2n) is 5.70. The molecule has 1 amide bonds. The number of rotatable bonds is 3. The van der Waals surface area contributed by atoms with Crippen molar-refractivity contribution in [1.82, 2.24) is 15.3 Å². The molecular formula is C15H22N4O3. The predicted molar refractivity (Wildman–Crippen MR) is 83.3 cm³/mol. The second-order valence-corrected chi connectivity index (χ2v) is 5.70. The molecule has 0 unspecified atom stereocenters. The summed E-state index contributed by atoms with van der Waals surface area (Å²) in [6, 6.07) is -0.147. The summed E-state index contributed by atoms with van der Waals surface area (Å²) in [5.74, 6) is 6.23. The van der Waals surface area contributed by atoms with Gasteiger partial charge in [-0.05, 0) is 33.6 Å². The number of aromatic nitrogens is 2. The van der Waals surface area contributed by atoms with Gasteiger partial charge in [-0.15, -0.1) is 0 Å². The number of hydrogen-bond acceptors (Lipinski definition) is 6. The highest BCUT2D eigenvalue weighted by atomic mass is 16.6. The summed E-state index contributed by atoms with van der Waals surface area (Å²) in [6.45, 7) is 7.27. The lowest BCUT2D eigenvalue weighted by Gasteiger charge is -2.21. The van der Waals surface area contributed by atoms with Crippen molar-refractivity contribution in [2.75, 3.05) is 12.8 Å². The van der Waals surface area contributed by atoms with Crippen molar-refractivity contribution in [3.8, 4) is 17.7 Å². The number of carbonyl (C=O) groups excluding carboxylic acids is 1. The normalized spacial score (nSPS) is 11.9. The van der Waals surface area contributed by atoms with Crippen molar-refractivity contribution in [1.29, 1.82) is 0 Å². The third-order valence-electron chi connectivity index (χ3n) is 2.35. The zero-order valence-electron chi connectivity index (χ0n) is 13.6. The number of nitrogens with one attached hydrogen (secondary N) is 1. The van der Waals surface area contributed by atoms with E-state index in [9.17, 15) is 4.79 Å². The Labute approximate surface area is 130 Å².